The van der Waals surface area contributed by atoms with Gasteiger partial charge in [0.1, 0.15) is 6.61 Å². The summed E-state index contributed by atoms with van der Waals surface area (Å²) in [4.78, 5) is 22.1. The van der Waals surface area contributed by atoms with Gasteiger partial charge in [0.15, 0.2) is 6.04 Å². The van der Waals surface area contributed by atoms with Crippen LogP contribution in [-0.4, -0.2) is 49.5 Å². The summed E-state index contributed by atoms with van der Waals surface area (Å²) in [6.07, 6.45) is 2.31. The van der Waals surface area contributed by atoms with Gasteiger partial charge in [-0.1, -0.05) is 13.0 Å². The van der Waals surface area contributed by atoms with Gasteiger partial charge < -0.3 is 19.9 Å². The molecule has 6 nitrogen and oxygen atoms in total. The highest BCUT2D eigenvalue weighted by molar-refractivity contribution is 5.84. The summed E-state index contributed by atoms with van der Waals surface area (Å²) in [5.74, 6) is -1.61. The number of ether oxygens (including phenoxy) is 2. The number of nitrogens with one attached hydrogen (secondary N) is 1. The Morgan fingerprint density at radius 3 is 2.71 bits per heavy atom. The molecular formula is C11H19NO5. The molecule has 0 fully saturated rings. The van der Waals surface area contributed by atoms with Crippen LogP contribution in [0.15, 0.2) is 12.7 Å². The third kappa shape index (κ3) is 8.41. The highest BCUT2D eigenvalue weighted by Crippen LogP contribution is 1.89. The predicted octanol–water partition coefficient (Wildman–Crippen LogP) is 0.185. The molecule has 98 valence electrons. The molecule has 0 aliphatic heterocycles. The monoisotopic (exact) mass is 245 g/mol. The first kappa shape index (κ1) is 15.6. The first-order valence-corrected chi connectivity index (χ1v) is 5.40. The number of aliphatic carboxylic acids is 1. The van der Waals surface area contributed by atoms with E-state index in [1.54, 1.807) is 0 Å². The molecule has 6 heteroatoms. The summed E-state index contributed by atoms with van der Waals surface area (Å²) in [7, 11) is 0. The lowest BCUT2D eigenvalue weighted by Crippen LogP contribution is -2.45. The van der Waals surface area contributed by atoms with E-state index in [1.807, 2.05) is 6.92 Å². The number of carboxylic acids is 1. The fraction of sp³-hybridized carbons (Fsp3) is 0.636. The summed E-state index contributed by atoms with van der Waals surface area (Å²) in [6, 6.07) is -1.06. The summed E-state index contributed by atoms with van der Waals surface area (Å²) >= 11 is 0. The molecule has 0 spiro atoms. The van der Waals surface area contributed by atoms with Gasteiger partial charge in [0, 0.05) is 6.61 Å². The van der Waals surface area contributed by atoms with E-state index in [-0.39, 0.29) is 19.8 Å². The molecule has 0 aromatic rings. The third-order valence-corrected chi connectivity index (χ3v) is 1.74. The van der Waals surface area contributed by atoms with Crippen molar-refractivity contribution in [1.82, 2.24) is 5.32 Å². The van der Waals surface area contributed by atoms with Gasteiger partial charge in [0.2, 0.25) is 5.91 Å². The second-order valence-electron chi connectivity index (χ2n) is 3.34. The lowest BCUT2D eigenvalue weighted by Gasteiger charge is -2.14. The normalized spacial score (nSPS) is 11.8. The topological polar surface area (TPSA) is 84.9 Å². The van der Waals surface area contributed by atoms with Crippen LogP contribution in [0.2, 0.25) is 0 Å². The highest BCUT2D eigenvalue weighted by atomic mass is 16.5. The van der Waals surface area contributed by atoms with Gasteiger partial charge in [-0.2, -0.15) is 0 Å². The summed E-state index contributed by atoms with van der Waals surface area (Å²) < 4.78 is 9.97. The molecule has 1 unspecified atom stereocenters. The predicted molar refractivity (Wildman–Crippen MR) is 61.7 cm³/mol. The van der Waals surface area contributed by atoms with Crippen LogP contribution in [0.5, 0.6) is 0 Å². The van der Waals surface area contributed by atoms with Crippen LogP contribution >= 0.6 is 0 Å². The molecule has 0 bridgehead atoms. The fourth-order valence-corrected chi connectivity index (χ4v) is 0.989. The maximum absolute atomic E-state index is 11.3. The van der Waals surface area contributed by atoms with Crippen LogP contribution < -0.4 is 5.32 Å². The molecule has 0 aromatic carbocycles. The first-order chi connectivity index (χ1) is 8.11. The number of amides is 1. The second-order valence-corrected chi connectivity index (χ2v) is 3.34. The van der Waals surface area contributed by atoms with Crippen molar-refractivity contribution in [2.75, 3.05) is 26.4 Å². The zero-order valence-electron chi connectivity index (χ0n) is 9.98. The van der Waals surface area contributed by atoms with Crippen LogP contribution in [0, 0.1) is 0 Å². The van der Waals surface area contributed by atoms with E-state index in [0.717, 1.165) is 6.42 Å². The molecule has 0 radical (unpaired) electrons. The van der Waals surface area contributed by atoms with E-state index in [1.165, 1.54) is 6.08 Å². The van der Waals surface area contributed by atoms with Crippen LogP contribution in [0.25, 0.3) is 0 Å². The SMILES string of the molecule is C=CCOCC(NC(=O)COCCC)C(=O)O. The molecule has 0 heterocycles. The molecule has 1 atom stereocenters. The maximum atomic E-state index is 11.3. The second kappa shape index (κ2) is 9.80. The van der Waals surface area contributed by atoms with E-state index in [9.17, 15) is 9.59 Å². The molecule has 1 amide bonds. The van der Waals surface area contributed by atoms with E-state index in [4.69, 9.17) is 14.6 Å². The van der Waals surface area contributed by atoms with Gasteiger partial charge in [-0.3, -0.25) is 4.79 Å². The number of hydrogen-bond acceptors (Lipinski definition) is 4. The van der Waals surface area contributed by atoms with Crippen molar-refractivity contribution in [1.29, 1.82) is 0 Å². The Hall–Kier alpha value is -1.40. The highest BCUT2D eigenvalue weighted by Gasteiger charge is 2.19. The van der Waals surface area contributed by atoms with Crippen LogP contribution in [0.3, 0.4) is 0 Å². The molecule has 0 saturated heterocycles. The van der Waals surface area contributed by atoms with Gasteiger partial charge in [0.25, 0.3) is 0 Å². The van der Waals surface area contributed by atoms with Gasteiger partial charge in [-0.15, -0.1) is 6.58 Å². The molecule has 0 aliphatic rings. The quantitative estimate of drug-likeness (QED) is 0.424. The lowest BCUT2D eigenvalue weighted by atomic mass is 10.3. The zero-order chi connectivity index (χ0) is 13.1. The Bertz CT molecular complexity index is 254. The van der Waals surface area contributed by atoms with E-state index in [0.29, 0.717) is 6.61 Å². The van der Waals surface area contributed by atoms with Crippen molar-refractivity contribution < 1.29 is 24.2 Å². The van der Waals surface area contributed by atoms with E-state index < -0.39 is 17.9 Å². The molecule has 17 heavy (non-hydrogen) atoms. The number of carbonyl (C=O) groups is 2. The Labute approximate surface area is 101 Å². The van der Waals surface area contributed by atoms with Gasteiger partial charge in [0.05, 0.1) is 13.2 Å². The minimum absolute atomic E-state index is 0.0964. The van der Waals surface area contributed by atoms with Crippen molar-refractivity contribution in [2.45, 2.75) is 19.4 Å². The molecule has 0 aromatic heterocycles. The van der Waals surface area contributed by atoms with Crippen molar-refractivity contribution in [3.8, 4) is 0 Å². The average Bonchev–Trinajstić information content (AvgIpc) is 2.28. The van der Waals surface area contributed by atoms with E-state index >= 15 is 0 Å². The van der Waals surface area contributed by atoms with Crippen LogP contribution in [-0.2, 0) is 19.1 Å². The van der Waals surface area contributed by atoms with Crippen molar-refractivity contribution in [3.05, 3.63) is 12.7 Å². The zero-order valence-corrected chi connectivity index (χ0v) is 9.98. The molecule has 0 rings (SSSR count). The third-order valence-electron chi connectivity index (χ3n) is 1.74. The lowest BCUT2D eigenvalue weighted by molar-refractivity contribution is -0.144. The Kier molecular flexibility index (Phi) is 8.99. The van der Waals surface area contributed by atoms with E-state index in [2.05, 4.69) is 11.9 Å². The minimum atomic E-state index is -1.14. The van der Waals surface area contributed by atoms with Crippen molar-refractivity contribution >= 4 is 11.9 Å². The van der Waals surface area contributed by atoms with Gasteiger partial charge >= 0.3 is 5.97 Å². The van der Waals surface area contributed by atoms with Crippen molar-refractivity contribution in [2.24, 2.45) is 0 Å². The summed E-state index contributed by atoms with van der Waals surface area (Å²) in [5.41, 5.74) is 0. The largest absolute Gasteiger partial charge is 0.480 e. The number of rotatable bonds is 10. The maximum Gasteiger partial charge on any atom is 0.328 e. The molecule has 0 saturated carbocycles. The summed E-state index contributed by atoms with van der Waals surface area (Å²) in [6.45, 7) is 5.83. The number of carboxylic acid groups (broad SMARTS) is 1. The smallest absolute Gasteiger partial charge is 0.328 e. The Morgan fingerprint density at radius 2 is 2.18 bits per heavy atom. The van der Waals surface area contributed by atoms with Crippen molar-refractivity contribution in [3.63, 3.8) is 0 Å². The van der Waals surface area contributed by atoms with Gasteiger partial charge in [-0.05, 0) is 6.42 Å². The minimum Gasteiger partial charge on any atom is -0.480 e. The molecule has 2 N–H and O–H groups in total. The standard InChI is InChI=1S/C11H19NO5/c1-3-5-16-7-9(11(14)15)12-10(13)8-17-6-4-2/h3,9H,1,4-8H2,2H3,(H,12,13)(H,14,15). The fourth-order valence-electron chi connectivity index (χ4n) is 0.989. The Morgan fingerprint density at radius 1 is 1.47 bits per heavy atom. The Balaban J connectivity index is 3.93. The first-order valence-electron chi connectivity index (χ1n) is 5.40. The van der Waals surface area contributed by atoms with Crippen LogP contribution in [0.4, 0.5) is 0 Å². The average molecular weight is 245 g/mol. The molecular weight excluding hydrogens is 226 g/mol. The number of hydrogen-bond donors (Lipinski definition) is 2. The molecule has 0 aliphatic carbocycles. The summed E-state index contributed by atoms with van der Waals surface area (Å²) in [5, 5.41) is 11.1. The number of carbonyl (C=O) groups excluding carboxylic acids is 1. The van der Waals surface area contributed by atoms with Gasteiger partial charge in [-0.25, -0.2) is 4.79 Å². The van der Waals surface area contributed by atoms with Crippen LogP contribution in [0.1, 0.15) is 13.3 Å².